The molecule has 5 rings (SSSR count). The Morgan fingerprint density at radius 1 is 0.750 bits per heavy atom. The highest BCUT2D eigenvalue weighted by molar-refractivity contribution is 6.26. The van der Waals surface area contributed by atoms with Crippen LogP contribution in [-0.4, -0.2) is 6.61 Å². The summed E-state index contributed by atoms with van der Waals surface area (Å²) in [4.78, 5) is 0. The van der Waals surface area contributed by atoms with Crippen molar-refractivity contribution in [3.63, 3.8) is 0 Å². The zero-order chi connectivity index (χ0) is 13.1. The van der Waals surface area contributed by atoms with E-state index in [4.69, 9.17) is 4.74 Å². The van der Waals surface area contributed by atoms with E-state index in [1.54, 1.807) is 0 Å². The lowest BCUT2D eigenvalue weighted by Crippen LogP contribution is -2.02. The van der Waals surface area contributed by atoms with E-state index < -0.39 is 0 Å². The zero-order valence-corrected chi connectivity index (χ0v) is 10.9. The molecule has 0 aromatic heterocycles. The second-order valence-corrected chi connectivity index (χ2v) is 5.33. The molecule has 0 aliphatic carbocycles. The monoisotopic (exact) mass is 256 g/mol. The smallest absolute Gasteiger partial charge is 0.135 e. The molecule has 0 spiro atoms. The molecule has 0 fully saturated rings. The highest BCUT2D eigenvalue weighted by Gasteiger charge is 2.18. The number of hydrogen-bond acceptors (Lipinski definition) is 1. The third kappa shape index (κ3) is 1.13. The minimum absolute atomic E-state index is 0.660. The Labute approximate surface area is 116 Å². The molecule has 94 valence electrons. The van der Waals surface area contributed by atoms with Crippen molar-refractivity contribution in [3.05, 3.63) is 60.2 Å². The molecule has 0 unspecified atom stereocenters. The maximum absolute atomic E-state index is 5.95. The molecule has 1 aliphatic rings. The number of hydrogen-bond donors (Lipinski definition) is 0. The van der Waals surface area contributed by atoms with Crippen molar-refractivity contribution in [1.82, 2.24) is 0 Å². The van der Waals surface area contributed by atoms with Crippen LogP contribution in [0.5, 0.6) is 5.75 Å². The summed E-state index contributed by atoms with van der Waals surface area (Å²) in [5.74, 6) is 1.03. The standard InChI is InChI=1S/C19H12O/c1-4-12-9-10-13-5-2-7-16-18(13)17(12)14(6-1)15-8-3-11-20-19(15)16/h1-10H,11H2. The molecule has 0 atom stereocenters. The molecule has 0 bridgehead atoms. The topological polar surface area (TPSA) is 9.23 Å². The van der Waals surface area contributed by atoms with E-state index >= 15 is 0 Å². The van der Waals surface area contributed by atoms with Crippen molar-refractivity contribution >= 4 is 38.4 Å². The fourth-order valence-corrected chi connectivity index (χ4v) is 3.46. The molecule has 1 heterocycles. The van der Waals surface area contributed by atoms with Gasteiger partial charge in [0.15, 0.2) is 0 Å². The normalized spacial score (nSPS) is 14.0. The highest BCUT2D eigenvalue weighted by atomic mass is 16.5. The van der Waals surface area contributed by atoms with E-state index in [9.17, 15) is 0 Å². The van der Waals surface area contributed by atoms with Gasteiger partial charge in [-0.1, -0.05) is 54.6 Å². The first-order chi connectivity index (χ1) is 9.93. The van der Waals surface area contributed by atoms with Crippen LogP contribution in [0.2, 0.25) is 0 Å². The van der Waals surface area contributed by atoms with Crippen LogP contribution < -0.4 is 4.74 Å². The predicted molar refractivity (Wildman–Crippen MR) is 84.7 cm³/mol. The minimum atomic E-state index is 0.660. The van der Waals surface area contributed by atoms with Gasteiger partial charge in [-0.25, -0.2) is 0 Å². The van der Waals surface area contributed by atoms with E-state index in [1.807, 2.05) is 0 Å². The second kappa shape index (κ2) is 3.51. The van der Waals surface area contributed by atoms with Crippen LogP contribution in [0, 0.1) is 0 Å². The van der Waals surface area contributed by atoms with Crippen LogP contribution in [0.3, 0.4) is 0 Å². The average Bonchev–Trinajstić information content (AvgIpc) is 2.53. The first-order valence-electron chi connectivity index (χ1n) is 6.92. The van der Waals surface area contributed by atoms with Gasteiger partial charge >= 0.3 is 0 Å². The fraction of sp³-hybridized carbons (Fsp3) is 0.0526. The van der Waals surface area contributed by atoms with Crippen molar-refractivity contribution in [3.8, 4) is 5.75 Å². The zero-order valence-electron chi connectivity index (χ0n) is 10.9. The quantitative estimate of drug-likeness (QED) is 0.403. The Hall–Kier alpha value is -2.54. The van der Waals surface area contributed by atoms with Gasteiger partial charge in [0.05, 0.1) is 0 Å². The van der Waals surface area contributed by atoms with Crippen molar-refractivity contribution in [1.29, 1.82) is 0 Å². The summed E-state index contributed by atoms with van der Waals surface area (Å²) < 4.78 is 5.95. The molecule has 1 nitrogen and oxygen atoms in total. The largest absolute Gasteiger partial charge is 0.488 e. The molecule has 0 saturated heterocycles. The average molecular weight is 256 g/mol. The van der Waals surface area contributed by atoms with Gasteiger partial charge in [0.2, 0.25) is 0 Å². The lowest BCUT2D eigenvalue weighted by atomic mass is 9.90. The van der Waals surface area contributed by atoms with Gasteiger partial charge in [0.25, 0.3) is 0 Å². The number of rotatable bonds is 0. The van der Waals surface area contributed by atoms with E-state index in [2.05, 4.69) is 60.7 Å². The Kier molecular flexibility index (Phi) is 1.80. The van der Waals surface area contributed by atoms with Crippen LogP contribution in [0.15, 0.2) is 54.6 Å². The minimum Gasteiger partial charge on any atom is -0.488 e. The second-order valence-electron chi connectivity index (χ2n) is 5.33. The lowest BCUT2D eigenvalue weighted by Gasteiger charge is -2.20. The summed E-state index contributed by atoms with van der Waals surface area (Å²) in [6.07, 6.45) is 4.29. The van der Waals surface area contributed by atoms with Crippen LogP contribution in [0.25, 0.3) is 38.4 Å². The van der Waals surface area contributed by atoms with Crippen LogP contribution in [0.4, 0.5) is 0 Å². The molecule has 0 N–H and O–H groups in total. The molecular weight excluding hydrogens is 244 g/mol. The summed E-state index contributed by atoms with van der Waals surface area (Å²) in [5.41, 5.74) is 1.22. The molecule has 4 aromatic rings. The first kappa shape index (κ1) is 10.3. The Bertz CT molecular complexity index is 995. The van der Waals surface area contributed by atoms with Gasteiger partial charge in [-0.05, 0) is 27.6 Å². The van der Waals surface area contributed by atoms with E-state index in [1.165, 1.54) is 37.9 Å². The first-order valence-corrected chi connectivity index (χ1v) is 6.92. The summed E-state index contributed by atoms with van der Waals surface area (Å²) >= 11 is 0. The molecule has 4 aromatic carbocycles. The summed E-state index contributed by atoms with van der Waals surface area (Å²) in [7, 11) is 0. The van der Waals surface area contributed by atoms with Gasteiger partial charge in [0, 0.05) is 16.3 Å². The van der Waals surface area contributed by atoms with Crippen molar-refractivity contribution in [2.24, 2.45) is 0 Å². The maximum Gasteiger partial charge on any atom is 0.135 e. The summed E-state index contributed by atoms with van der Waals surface area (Å²) in [6.45, 7) is 0.660. The van der Waals surface area contributed by atoms with Crippen molar-refractivity contribution < 1.29 is 4.74 Å². The fourth-order valence-electron chi connectivity index (χ4n) is 3.46. The Balaban J connectivity index is 2.22. The molecular formula is C19H12O. The van der Waals surface area contributed by atoms with Crippen LogP contribution >= 0.6 is 0 Å². The maximum atomic E-state index is 5.95. The predicted octanol–water partition coefficient (Wildman–Crippen LogP) is 4.99. The van der Waals surface area contributed by atoms with Crippen LogP contribution in [0.1, 0.15) is 5.56 Å². The Morgan fingerprint density at radius 3 is 2.25 bits per heavy atom. The summed E-state index contributed by atoms with van der Waals surface area (Å²) in [5, 5.41) is 7.79. The molecule has 0 amide bonds. The van der Waals surface area contributed by atoms with Gasteiger partial charge in [0.1, 0.15) is 12.4 Å². The Morgan fingerprint density at radius 2 is 1.45 bits per heavy atom. The summed E-state index contributed by atoms with van der Waals surface area (Å²) in [6, 6.07) is 17.4. The lowest BCUT2D eigenvalue weighted by molar-refractivity contribution is 0.363. The highest BCUT2D eigenvalue weighted by Crippen LogP contribution is 2.44. The number of ether oxygens (including phenoxy) is 1. The third-order valence-electron chi connectivity index (χ3n) is 4.27. The molecule has 0 radical (unpaired) electrons. The molecule has 0 saturated carbocycles. The molecule has 1 aliphatic heterocycles. The van der Waals surface area contributed by atoms with Gasteiger partial charge in [-0.15, -0.1) is 0 Å². The van der Waals surface area contributed by atoms with Gasteiger partial charge < -0.3 is 4.74 Å². The number of fused-ring (bicyclic) bond motifs is 3. The van der Waals surface area contributed by atoms with E-state index in [-0.39, 0.29) is 0 Å². The SMILES string of the molecule is C1=Cc2c(c3cccc4ccc5cccc2c5c43)OC1. The van der Waals surface area contributed by atoms with Gasteiger partial charge in [-0.3, -0.25) is 0 Å². The van der Waals surface area contributed by atoms with E-state index in [0.29, 0.717) is 6.61 Å². The third-order valence-corrected chi connectivity index (χ3v) is 4.27. The number of benzene rings is 4. The van der Waals surface area contributed by atoms with Crippen molar-refractivity contribution in [2.75, 3.05) is 6.61 Å². The van der Waals surface area contributed by atoms with E-state index in [0.717, 1.165) is 5.75 Å². The molecule has 1 heteroatoms. The van der Waals surface area contributed by atoms with Crippen molar-refractivity contribution in [2.45, 2.75) is 0 Å². The van der Waals surface area contributed by atoms with Crippen LogP contribution in [-0.2, 0) is 0 Å². The van der Waals surface area contributed by atoms with Gasteiger partial charge in [-0.2, -0.15) is 0 Å². The molecule has 20 heavy (non-hydrogen) atoms.